The van der Waals surface area contributed by atoms with Gasteiger partial charge >= 0.3 is 0 Å². The fraction of sp³-hybridized carbons (Fsp3) is 0.250. The molecule has 0 aliphatic heterocycles. The number of nitrogens with zero attached hydrogens (tertiary/aromatic N) is 5. The zero-order chi connectivity index (χ0) is 21.7. The third kappa shape index (κ3) is 3.69. The fourth-order valence-corrected chi connectivity index (χ4v) is 4.24. The molecule has 5 aromatic rings. The molecule has 1 aliphatic rings. The van der Waals surface area contributed by atoms with Crippen LogP contribution in [0, 0.1) is 0 Å². The highest BCUT2D eigenvalue weighted by molar-refractivity contribution is 6.30. The molecule has 1 fully saturated rings. The molecule has 7 nitrogen and oxygen atoms in total. The van der Waals surface area contributed by atoms with Crippen molar-refractivity contribution in [3.05, 3.63) is 88.7 Å². The lowest BCUT2D eigenvalue weighted by molar-refractivity contribution is 0.0974. The number of pyridine rings is 2. The lowest BCUT2D eigenvalue weighted by atomic mass is 10.1. The summed E-state index contributed by atoms with van der Waals surface area (Å²) in [5.41, 5.74) is 5.23. The van der Waals surface area contributed by atoms with Gasteiger partial charge < -0.3 is 13.3 Å². The van der Waals surface area contributed by atoms with Gasteiger partial charge in [0.1, 0.15) is 17.1 Å². The second-order valence-corrected chi connectivity index (χ2v) is 8.78. The van der Waals surface area contributed by atoms with E-state index in [9.17, 15) is 4.79 Å². The summed E-state index contributed by atoms with van der Waals surface area (Å²) in [7, 11) is 0. The number of aryl methyl sites for hydroxylation is 1. The number of hydrogen-bond donors (Lipinski definition) is 0. The van der Waals surface area contributed by atoms with Gasteiger partial charge in [0.2, 0.25) is 0 Å². The standard InChI is InChI=1S/C24H20ClN5O2/c25-17-7-8-29-14-26-20(22(29)9-17)4-5-23(31)21-11-19(32-28-21)10-18-13-30-12-16(15-1-2-15)3-6-24(30)27-18/h3,6-9,11-15H,1-2,4-5,10H2. The first-order valence-corrected chi connectivity index (χ1v) is 11.1. The van der Waals surface area contributed by atoms with E-state index in [2.05, 4.69) is 37.9 Å². The molecule has 0 aromatic carbocycles. The van der Waals surface area contributed by atoms with E-state index in [4.69, 9.17) is 16.1 Å². The Balaban J connectivity index is 1.13. The Hall–Kier alpha value is -3.45. The summed E-state index contributed by atoms with van der Waals surface area (Å²) in [5, 5.41) is 4.62. The van der Waals surface area contributed by atoms with Crippen LogP contribution in [0.2, 0.25) is 5.02 Å². The Labute approximate surface area is 188 Å². The minimum absolute atomic E-state index is 0.0766. The van der Waals surface area contributed by atoms with Crippen molar-refractivity contribution < 1.29 is 9.32 Å². The van der Waals surface area contributed by atoms with Crippen molar-refractivity contribution in [2.75, 3.05) is 0 Å². The predicted octanol–water partition coefficient (Wildman–Crippen LogP) is 4.91. The minimum atomic E-state index is -0.0766. The first-order chi connectivity index (χ1) is 15.6. The van der Waals surface area contributed by atoms with E-state index in [1.54, 1.807) is 18.5 Å². The van der Waals surface area contributed by atoms with Gasteiger partial charge in [-0.25, -0.2) is 9.97 Å². The molecule has 0 amide bonds. The van der Waals surface area contributed by atoms with Crippen molar-refractivity contribution >= 4 is 28.5 Å². The normalized spacial score (nSPS) is 13.9. The maximum absolute atomic E-state index is 12.7. The monoisotopic (exact) mass is 445 g/mol. The van der Waals surface area contributed by atoms with Crippen molar-refractivity contribution in [3.8, 4) is 0 Å². The Kier molecular flexibility index (Phi) is 4.57. The summed E-state index contributed by atoms with van der Waals surface area (Å²) in [6.07, 6.45) is 11.6. The maximum Gasteiger partial charge on any atom is 0.185 e. The molecule has 5 aromatic heterocycles. The number of aromatic nitrogens is 5. The summed E-state index contributed by atoms with van der Waals surface area (Å²) in [4.78, 5) is 21.7. The first-order valence-electron chi connectivity index (χ1n) is 10.7. The van der Waals surface area contributed by atoms with Crippen molar-refractivity contribution in [2.45, 2.75) is 38.0 Å². The average Bonchev–Trinajstić information content (AvgIpc) is 3.21. The third-order valence-electron chi connectivity index (χ3n) is 5.94. The second kappa shape index (κ2) is 7.60. The number of hydrogen-bond acceptors (Lipinski definition) is 5. The molecule has 0 N–H and O–H groups in total. The van der Waals surface area contributed by atoms with Gasteiger partial charge in [-0.2, -0.15) is 0 Å². The third-order valence-corrected chi connectivity index (χ3v) is 6.18. The molecular weight excluding hydrogens is 426 g/mol. The number of halogens is 1. The number of ketones is 1. The molecule has 0 unspecified atom stereocenters. The molecule has 6 rings (SSSR count). The summed E-state index contributed by atoms with van der Waals surface area (Å²) < 4.78 is 9.38. The largest absolute Gasteiger partial charge is 0.360 e. The fourth-order valence-electron chi connectivity index (χ4n) is 4.08. The smallest absolute Gasteiger partial charge is 0.185 e. The van der Waals surface area contributed by atoms with Gasteiger partial charge in [-0.3, -0.25) is 4.79 Å². The average molecular weight is 446 g/mol. The molecule has 0 bridgehead atoms. The SMILES string of the molecule is O=C(CCc1ncn2ccc(Cl)cc12)c1cc(Cc2cn3cc(C4CC4)ccc3n2)on1. The van der Waals surface area contributed by atoms with Gasteiger partial charge in [0.25, 0.3) is 0 Å². The first kappa shape index (κ1) is 19.3. The van der Waals surface area contributed by atoms with E-state index < -0.39 is 0 Å². The summed E-state index contributed by atoms with van der Waals surface area (Å²) >= 11 is 6.09. The molecule has 32 heavy (non-hydrogen) atoms. The highest BCUT2D eigenvalue weighted by Crippen LogP contribution is 2.39. The molecule has 0 spiro atoms. The van der Waals surface area contributed by atoms with Gasteiger partial charge in [0.15, 0.2) is 5.78 Å². The Morgan fingerprint density at radius 3 is 2.94 bits per heavy atom. The van der Waals surface area contributed by atoms with Crippen molar-refractivity contribution in [1.29, 1.82) is 0 Å². The Morgan fingerprint density at radius 1 is 1.16 bits per heavy atom. The van der Waals surface area contributed by atoms with E-state index in [0.29, 0.717) is 41.7 Å². The van der Waals surface area contributed by atoms with Crippen LogP contribution in [0.15, 0.2) is 59.8 Å². The predicted molar refractivity (Wildman–Crippen MR) is 119 cm³/mol. The zero-order valence-electron chi connectivity index (χ0n) is 17.2. The van der Waals surface area contributed by atoms with Crippen LogP contribution < -0.4 is 0 Å². The molecule has 8 heteroatoms. The highest BCUT2D eigenvalue weighted by Gasteiger charge is 2.24. The van der Waals surface area contributed by atoms with Crippen LogP contribution in [0.1, 0.15) is 58.4 Å². The van der Waals surface area contributed by atoms with Crippen LogP contribution in [-0.4, -0.2) is 29.7 Å². The minimum Gasteiger partial charge on any atom is -0.360 e. The lowest BCUT2D eigenvalue weighted by Crippen LogP contribution is -2.02. The molecule has 5 heterocycles. The van der Waals surface area contributed by atoms with Crippen molar-refractivity contribution in [1.82, 2.24) is 23.9 Å². The van der Waals surface area contributed by atoms with Gasteiger partial charge in [0, 0.05) is 36.1 Å². The van der Waals surface area contributed by atoms with E-state index in [0.717, 1.165) is 22.6 Å². The summed E-state index contributed by atoms with van der Waals surface area (Å²) in [6, 6.07) is 9.58. The topological polar surface area (TPSA) is 77.7 Å². The van der Waals surface area contributed by atoms with E-state index in [1.165, 1.54) is 18.4 Å². The highest BCUT2D eigenvalue weighted by atomic mass is 35.5. The molecule has 1 saturated carbocycles. The molecule has 160 valence electrons. The molecular formula is C24H20ClN5O2. The number of rotatable bonds is 7. The zero-order valence-corrected chi connectivity index (χ0v) is 18.0. The second-order valence-electron chi connectivity index (χ2n) is 8.34. The Morgan fingerprint density at radius 2 is 2.06 bits per heavy atom. The molecule has 0 saturated heterocycles. The molecule has 0 atom stereocenters. The van der Waals surface area contributed by atoms with Crippen LogP contribution in [0.5, 0.6) is 0 Å². The van der Waals surface area contributed by atoms with E-state index in [1.807, 2.05) is 22.9 Å². The summed E-state index contributed by atoms with van der Waals surface area (Å²) in [6.45, 7) is 0. The number of Topliss-reactive ketones (excluding diaryl/α,β-unsaturated/α-hetero) is 1. The van der Waals surface area contributed by atoms with Crippen LogP contribution in [0.4, 0.5) is 0 Å². The maximum atomic E-state index is 12.7. The van der Waals surface area contributed by atoms with Gasteiger partial charge in [0.05, 0.1) is 29.7 Å². The van der Waals surface area contributed by atoms with Crippen LogP contribution in [-0.2, 0) is 12.8 Å². The number of fused-ring (bicyclic) bond motifs is 2. The molecule has 1 aliphatic carbocycles. The quantitative estimate of drug-likeness (QED) is 0.333. The van der Waals surface area contributed by atoms with Crippen molar-refractivity contribution in [3.63, 3.8) is 0 Å². The lowest BCUT2D eigenvalue weighted by Gasteiger charge is -1.98. The van der Waals surface area contributed by atoms with Crippen LogP contribution >= 0.6 is 11.6 Å². The van der Waals surface area contributed by atoms with Crippen LogP contribution in [0.3, 0.4) is 0 Å². The number of carbonyl (C=O) groups is 1. The van der Waals surface area contributed by atoms with Crippen molar-refractivity contribution in [2.24, 2.45) is 0 Å². The summed E-state index contributed by atoms with van der Waals surface area (Å²) in [5.74, 6) is 1.25. The van der Waals surface area contributed by atoms with Gasteiger partial charge in [-0.05, 0) is 48.9 Å². The molecule has 0 radical (unpaired) electrons. The van der Waals surface area contributed by atoms with E-state index in [-0.39, 0.29) is 5.78 Å². The van der Waals surface area contributed by atoms with Crippen LogP contribution in [0.25, 0.3) is 11.2 Å². The number of imidazole rings is 2. The van der Waals surface area contributed by atoms with Gasteiger partial charge in [-0.1, -0.05) is 22.8 Å². The van der Waals surface area contributed by atoms with Gasteiger partial charge in [-0.15, -0.1) is 0 Å². The number of carbonyl (C=O) groups excluding carboxylic acids is 1. The Bertz CT molecular complexity index is 1460. The van der Waals surface area contributed by atoms with E-state index >= 15 is 0 Å².